The number of rotatable bonds is 0. The van der Waals surface area contributed by atoms with Crippen LogP contribution in [-0.2, 0) is 28.8 Å². The van der Waals surface area contributed by atoms with Crippen molar-refractivity contribution in [3.05, 3.63) is 0 Å². The minimum atomic E-state index is -1.82. The van der Waals surface area contributed by atoms with Gasteiger partial charge in [0.2, 0.25) is 0 Å². The predicted molar refractivity (Wildman–Crippen MR) is 45.8 cm³/mol. The Balaban J connectivity index is -0.0000000536. The quantitative estimate of drug-likeness (QED) is 0.169. The fourth-order valence-electron chi connectivity index (χ4n) is 0. The Morgan fingerprint density at radius 2 is 0.400 bits per heavy atom. The molecule has 0 fully saturated rings. The van der Waals surface area contributed by atoms with E-state index in [4.69, 9.17) is 59.4 Å². The summed E-state index contributed by atoms with van der Waals surface area (Å²) in [6, 6.07) is 0. The maximum absolute atomic E-state index is 9.10. The van der Waals surface area contributed by atoms with Crippen LogP contribution in [0.15, 0.2) is 0 Å². The largest absolute Gasteiger partial charge is 0.473 e. The summed E-state index contributed by atoms with van der Waals surface area (Å²) in [5.74, 6) is -10.9. The third kappa shape index (κ3) is 36.0. The molecule has 0 spiro atoms. The molecule has 6 N–H and O–H groups in total. The second-order valence-electron chi connectivity index (χ2n) is 1.83. The van der Waals surface area contributed by atoms with Crippen LogP contribution < -0.4 is 0 Å². The third-order valence-electron chi connectivity index (χ3n) is 0.549. The summed E-state index contributed by atoms with van der Waals surface area (Å²) in [5.41, 5.74) is 0. The van der Waals surface area contributed by atoms with E-state index in [1.807, 2.05) is 0 Å². The van der Waals surface area contributed by atoms with Crippen molar-refractivity contribution >= 4 is 35.8 Å². The van der Waals surface area contributed by atoms with Crippen molar-refractivity contribution in [2.24, 2.45) is 0 Å². The molecule has 0 aliphatic carbocycles. The summed E-state index contributed by atoms with van der Waals surface area (Å²) in [4.78, 5) is 54.6. The van der Waals surface area contributed by atoms with Crippen LogP contribution in [0.5, 0.6) is 0 Å². The topological polar surface area (TPSA) is 224 Å². The van der Waals surface area contributed by atoms with Crippen LogP contribution >= 0.6 is 0 Å². The van der Waals surface area contributed by atoms with Gasteiger partial charge in [-0.15, -0.1) is 0 Å². The first kappa shape index (κ1) is 31.7. The molecule has 0 unspecified atom stereocenters. The number of hydrogen-bond acceptors (Lipinski definition) is 6. The van der Waals surface area contributed by atoms with Gasteiger partial charge in [-0.2, -0.15) is 0 Å². The summed E-state index contributed by atoms with van der Waals surface area (Å²) in [6.07, 6.45) is 0. The van der Waals surface area contributed by atoms with E-state index in [2.05, 4.69) is 0 Å². The van der Waals surface area contributed by atoms with Crippen molar-refractivity contribution in [3.8, 4) is 0 Å². The van der Waals surface area contributed by atoms with Gasteiger partial charge >= 0.3 is 35.8 Å². The summed E-state index contributed by atoms with van der Waals surface area (Å²) in [5, 5.41) is 44.3. The van der Waals surface area contributed by atoms with Crippen LogP contribution in [0.25, 0.3) is 0 Å². The van der Waals surface area contributed by atoms with Crippen molar-refractivity contribution < 1.29 is 140 Å². The first-order valence-electron chi connectivity index (χ1n) is 3.32. The van der Waals surface area contributed by atoms with Gasteiger partial charge in [-0.3, -0.25) is 0 Å². The minimum Gasteiger partial charge on any atom is -0.473 e. The van der Waals surface area contributed by atoms with Gasteiger partial charge in [-0.1, -0.05) is 0 Å². The third-order valence-corrected chi connectivity index (χ3v) is 0.549. The molecule has 14 heteroatoms. The zero-order valence-electron chi connectivity index (χ0n) is 9.03. The maximum Gasteiger partial charge on any atom is 0.414 e. The van der Waals surface area contributed by atoms with E-state index in [0.717, 1.165) is 0 Å². The van der Waals surface area contributed by atoms with Gasteiger partial charge in [0, 0.05) is 80.8 Å². The molecular formula is C6H6O12Pm2. The van der Waals surface area contributed by atoms with Crippen molar-refractivity contribution in [2.75, 3.05) is 0 Å². The fraction of sp³-hybridized carbons (Fsp3) is 0. The zero-order valence-corrected chi connectivity index (χ0v) is 14.8. The van der Waals surface area contributed by atoms with Gasteiger partial charge < -0.3 is 30.6 Å². The average Bonchev–Trinajstić information content (AvgIpc) is 2.18. The van der Waals surface area contributed by atoms with Crippen LogP contribution in [0.3, 0.4) is 0 Å². The Kier molecular flexibility index (Phi) is 29.4. The van der Waals surface area contributed by atoms with Gasteiger partial charge in [0.25, 0.3) is 0 Å². The van der Waals surface area contributed by atoms with E-state index < -0.39 is 35.8 Å². The van der Waals surface area contributed by atoms with E-state index in [0.29, 0.717) is 0 Å². The average molecular weight is 560 g/mol. The second kappa shape index (κ2) is 18.5. The van der Waals surface area contributed by atoms with Gasteiger partial charge in [-0.25, -0.2) is 28.8 Å². The number of carbonyl (C=O) groups is 6. The summed E-state index contributed by atoms with van der Waals surface area (Å²) in [6.45, 7) is 0. The molecule has 0 saturated carbocycles. The molecular weight excluding hydrogens is 554 g/mol. The molecule has 0 aromatic heterocycles. The number of carboxylic acids is 6. The zero-order chi connectivity index (χ0) is 15.5. The molecule has 2 radical (unpaired) electrons. The molecule has 0 rings (SSSR count). The molecule has 0 aliphatic rings. The fourth-order valence-corrected chi connectivity index (χ4v) is 0. The minimum absolute atomic E-state index is 0. The van der Waals surface area contributed by atoms with Crippen LogP contribution in [0.4, 0.5) is 0 Å². The normalized spacial score (nSPS) is 6.60. The Morgan fingerprint density at radius 1 is 0.350 bits per heavy atom. The molecule has 0 aromatic rings. The van der Waals surface area contributed by atoms with E-state index in [1.54, 1.807) is 0 Å². The first-order chi connectivity index (χ1) is 7.93. The molecule has 12 nitrogen and oxygen atoms in total. The summed E-state index contributed by atoms with van der Waals surface area (Å²) in [7, 11) is 0. The molecule has 112 valence electrons. The monoisotopic (exact) mass is 560 g/mol. The Morgan fingerprint density at radius 3 is 0.400 bits per heavy atom. The van der Waals surface area contributed by atoms with Gasteiger partial charge in [0.15, 0.2) is 0 Å². The predicted octanol–water partition coefficient (Wildman–Crippen LogP) is -2.53. The Labute approximate surface area is 174 Å². The molecule has 0 saturated heterocycles. The summed E-state index contributed by atoms with van der Waals surface area (Å²) >= 11 is 0. The molecule has 0 aromatic carbocycles. The molecule has 0 heterocycles. The SMILES string of the molecule is O=C(O)C(=O)O.O=C(O)C(=O)O.O=C(O)C(=O)O.[Pm].[Pm]. The van der Waals surface area contributed by atoms with Crippen LogP contribution in [0.2, 0.25) is 0 Å². The molecule has 0 bridgehead atoms. The Hall–Kier alpha value is -0.505. The van der Waals surface area contributed by atoms with Crippen molar-refractivity contribution in [1.29, 1.82) is 0 Å². The Bertz CT molecular complexity index is 281. The van der Waals surface area contributed by atoms with E-state index in [-0.39, 0.29) is 80.8 Å². The molecule has 0 aliphatic heterocycles. The van der Waals surface area contributed by atoms with E-state index in [1.165, 1.54) is 0 Å². The maximum atomic E-state index is 9.10. The van der Waals surface area contributed by atoms with Crippen molar-refractivity contribution in [1.82, 2.24) is 0 Å². The van der Waals surface area contributed by atoms with Gasteiger partial charge in [-0.05, 0) is 0 Å². The number of hydrogen-bond donors (Lipinski definition) is 6. The van der Waals surface area contributed by atoms with Gasteiger partial charge in [0.05, 0.1) is 0 Å². The molecule has 0 atom stereocenters. The van der Waals surface area contributed by atoms with Gasteiger partial charge in [0.1, 0.15) is 0 Å². The number of aliphatic carboxylic acids is 6. The number of carboxylic acid groups (broad SMARTS) is 6. The molecule has 20 heavy (non-hydrogen) atoms. The standard InChI is InChI=1S/3C2H2O4.2Pm/c3*3-1(4)2(5)6;;/h3*(H,3,4)(H,5,6);;. The molecule has 0 amide bonds. The first-order valence-corrected chi connectivity index (χ1v) is 3.32. The van der Waals surface area contributed by atoms with E-state index >= 15 is 0 Å². The van der Waals surface area contributed by atoms with Crippen molar-refractivity contribution in [3.63, 3.8) is 0 Å². The van der Waals surface area contributed by atoms with Crippen LogP contribution in [0, 0.1) is 80.8 Å². The van der Waals surface area contributed by atoms with E-state index in [9.17, 15) is 0 Å². The van der Waals surface area contributed by atoms with Crippen LogP contribution in [-0.4, -0.2) is 66.5 Å². The van der Waals surface area contributed by atoms with Crippen molar-refractivity contribution in [2.45, 2.75) is 0 Å². The second-order valence-corrected chi connectivity index (χ2v) is 1.83. The van der Waals surface area contributed by atoms with Crippen LogP contribution in [0.1, 0.15) is 0 Å². The summed E-state index contributed by atoms with van der Waals surface area (Å²) < 4.78 is 0. The smallest absolute Gasteiger partial charge is 0.414 e.